The Balaban J connectivity index is 3.54. The Morgan fingerprint density at radius 1 is 1.16 bits per heavy atom. The highest BCUT2D eigenvalue weighted by atomic mass is 16.5. The number of carbonyl (C=O) groups excluding carboxylic acids is 1. The van der Waals surface area contributed by atoms with E-state index in [1.807, 2.05) is 20.8 Å². The van der Waals surface area contributed by atoms with Crippen molar-refractivity contribution in [1.82, 2.24) is 0 Å². The molecule has 0 rings (SSSR count). The smallest absolute Gasteiger partial charge is 0.311 e. The first-order chi connectivity index (χ1) is 8.91. The minimum absolute atomic E-state index is 0.0978. The van der Waals surface area contributed by atoms with Gasteiger partial charge in [0.05, 0.1) is 12.0 Å². The summed E-state index contributed by atoms with van der Waals surface area (Å²) in [4.78, 5) is 11.5. The van der Waals surface area contributed by atoms with Crippen LogP contribution in [0, 0.1) is 11.3 Å². The maximum absolute atomic E-state index is 11.5. The van der Waals surface area contributed by atoms with Crippen molar-refractivity contribution in [3.05, 3.63) is 12.7 Å². The summed E-state index contributed by atoms with van der Waals surface area (Å²) >= 11 is 0. The molecule has 0 saturated carbocycles. The van der Waals surface area contributed by atoms with Crippen LogP contribution in [-0.2, 0) is 9.53 Å². The molecule has 1 unspecified atom stereocenters. The van der Waals surface area contributed by atoms with Crippen LogP contribution >= 0.6 is 0 Å². The molecule has 0 fully saturated rings. The zero-order valence-electron chi connectivity index (χ0n) is 13.3. The molecular formula is C17H32O2. The summed E-state index contributed by atoms with van der Waals surface area (Å²) in [5.41, 5.74) is -0.381. The quantitative estimate of drug-likeness (QED) is 0.312. The van der Waals surface area contributed by atoms with E-state index in [1.165, 1.54) is 32.1 Å². The Kier molecular flexibility index (Phi) is 9.63. The van der Waals surface area contributed by atoms with Crippen LogP contribution in [0.3, 0.4) is 0 Å². The minimum atomic E-state index is -0.381. The molecule has 0 bridgehead atoms. The Labute approximate surface area is 119 Å². The van der Waals surface area contributed by atoms with Gasteiger partial charge in [-0.15, -0.1) is 6.58 Å². The van der Waals surface area contributed by atoms with E-state index in [4.69, 9.17) is 4.74 Å². The summed E-state index contributed by atoms with van der Waals surface area (Å²) in [5.74, 6) is 0.566. The summed E-state index contributed by atoms with van der Waals surface area (Å²) in [5, 5.41) is 0. The lowest BCUT2D eigenvalue weighted by atomic mass is 9.96. The van der Waals surface area contributed by atoms with E-state index >= 15 is 0 Å². The van der Waals surface area contributed by atoms with Gasteiger partial charge in [-0.25, -0.2) is 0 Å². The SMILES string of the molecule is C=CC(CCCC)CCCCCOC(=O)C(C)(C)C. The lowest BCUT2D eigenvalue weighted by Crippen LogP contribution is -2.23. The standard InChI is InChI=1S/C17H32O2/c1-6-8-12-15(7-2)13-10-9-11-14-19-16(18)17(3,4)5/h7,15H,2,6,8-14H2,1,3-5H3. The normalized spacial score (nSPS) is 13.1. The zero-order chi connectivity index (χ0) is 14.7. The van der Waals surface area contributed by atoms with Gasteiger partial charge in [0, 0.05) is 0 Å². The van der Waals surface area contributed by atoms with Crippen LogP contribution in [0.1, 0.15) is 72.6 Å². The lowest BCUT2D eigenvalue weighted by Gasteiger charge is -2.16. The lowest BCUT2D eigenvalue weighted by molar-refractivity contribution is -0.153. The Morgan fingerprint density at radius 3 is 2.32 bits per heavy atom. The molecule has 0 aromatic carbocycles. The van der Waals surface area contributed by atoms with Gasteiger partial charge < -0.3 is 4.74 Å². The van der Waals surface area contributed by atoms with E-state index in [9.17, 15) is 4.79 Å². The third-order valence-electron chi connectivity index (χ3n) is 3.33. The Bertz CT molecular complexity index is 250. The maximum atomic E-state index is 11.5. The topological polar surface area (TPSA) is 26.3 Å². The summed E-state index contributed by atoms with van der Waals surface area (Å²) in [7, 11) is 0. The molecule has 19 heavy (non-hydrogen) atoms. The van der Waals surface area contributed by atoms with Crippen molar-refractivity contribution < 1.29 is 9.53 Å². The number of hydrogen-bond donors (Lipinski definition) is 0. The molecule has 112 valence electrons. The zero-order valence-corrected chi connectivity index (χ0v) is 13.3. The monoisotopic (exact) mass is 268 g/mol. The summed E-state index contributed by atoms with van der Waals surface area (Å²) in [6.07, 6.45) is 10.4. The van der Waals surface area contributed by atoms with Crippen molar-refractivity contribution in [1.29, 1.82) is 0 Å². The van der Waals surface area contributed by atoms with E-state index in [1.54, 1.807) is 0 Å². The number of esters is 1. The first-order valence-corrected chi connectivity index (χ1v) is 7.71. The fourth-order valence-electron chi connectivity index (χ4n) is 1.91. The van der Waals surface area contributed by atoms with Crippen molar-refractivity contribution in [2.24, 2.45) is 11.3 Å². The molecule has 0 aliphatic rings. The van der Waals surface area contributed by atoms with Crippen molar-refractivity contribution in [3.63, 3.8) is 0 Å². The second-order valence-corrected chi connectivity index (χ2v) is 6.37. The molecule has 0 spiro atoms. The van der Waals surface area contributed by atoms with Crippen molar-refractivity contribution in [3.8, 4) is 0 Å². The van der Waals surface area contributed by atoms with Crippen LogP contribution in [0.15, 0.2) is 12.7 Å². The van der Waals surface area contributed by atoms with Gasteiger partial charge in [0.15, 0.2) is 0 Å². The number of hydrogen-bond acceptors (Lipinski definition) is 2. The third-order valence-corrected chi connectivity index (χ3v) is 3.33. The largest absolute Gasteiger partial charge is 0.465 e. The Morgan fingerprint density at radius 2 is 1.79 bits per heavy atom. The van der Waals surface area contributed by atoms with Crippen LogP contribution in [-0.4, -0.2) is 12.6 Å². The first kappa shape index (κ1) is 18.2. The van der Waals surface area contributed by atoms with Gasteiger partial charge in [0.25, 0.3) is 0 Å². The van der Waals surface area contributed by atoms with Gasteiger partial charge in [0.2, 0.25) is 0 Å². The second kappa shape index (κ2) is 10.1. The fraction of sp³-hybridized carbons (Fsp3) is 0.824. The summed E-state index contributed by atoms with van der Waals surface area (Å²) < 4.78 is 5.25. The van der Waals surface area contributed by atoms with Crippen LogP contribution in [0.4, 0.5) is 0 Å². The number of unbranched alkanes of at least 4 members (excludes halogenated alkanes) is 3. The Hall–Kier alpha value is -0.790. The highest BCUT2D eigenvalue weighted by Crippen LogP contribution is 2.18. The third kappa shape index (κ3) is 9.75. The second-order valence-electron chi connectivity index (χ2n) is 6.37. The van der Waals surface area contributed by atoms with Crippen molar-refractivity contribution >= 4 is 5.97 Å². The van der Waals surface area contributed by atoms with E-state index < -0.39 is 0 Å². The number of allylic oxidation sites excluding steroid dienone is 1. The number of carbonyl (C=O) groups is 1. The van der Waals surface area contributed by atoms with E-state index in [0.29, 0.717) is 12.5 Å². The van der Waals surface area contributed by atoms with Gasteiger partial charge >= 0.3 is 5.97 Å². The summed E-state index contributed by atoms with van der Waals surface area (Å²) in [6.45, 7) is 12.4. The minimum Gasteiger partial charge on any atom is -0.465 e. The molecule has 0 aromatic rings. The summed E-state index contributed by atoms with van der Waals surface area (Å²) in [6, 6.07) is 0. The van der Waals surface area contributed by atoms with Crippen molar-refractivity contribution in [2.75, 3.05) is 6.61 Å². The maximum Gasteiger partial charge on any atom is 0.311 e. The molecule has 0 radical (unpaired) electrons. The van der Waals surface area contributed by atoms with Crippen molar-refractivity contribution in [2.45, 2.75) is 72.6 Å². The first-order valence-electron chi connectivity index (χ1n) is 7.71. The van der Waals surface area contributed by atoms with Crippen LogP contribution in [0.25, 0.3) is 0 Å². The molecule has 0 amide bonds. The predicted octanol–water partition coefficient (Wildman–Crippen LogP) is 5.13. The van der Waals surface area contributed by atoms with E-state index in [0.717, 1.165) is 12.8 Å². The molecule has 2 heteroatoms. The highest BCUT2D eigenvalue weighted by Gasteiger charge is 2.22. The van der Waals surface area contributed by atoms with E-state index in [-0.39, 0.29) is 11.4 Å². The molecule has 0 N–H and O–H groups in total. The molecular weight excluding hydrogens is 236 g/mol. The van der Waals surface area contributed by atoms with Gasteiger partial charge in [-0.1, -0.05) is 38.7 Å². The molecule has 0 aliphatic carbocycles. The average Bonchev–Trinajstić information content (AvgIpc) is 2.35. The fourth-order valence-corrected chi connectivity index (χ4v) is 1.91. The average molecular weight is 268 g/mol. The molecule has 0 saturated heterocycles. The van der Waals surface area contributed by atoms with Crippen LogP contribution in [0.2, 0.25) is 0 Å². The van der Waals surface area contributed by atoms with Gasteiger partial charge in [-0.2, -0.15) is 0 Å². The molecule has 0 heterocycles. The van der Waals surface area contributed by atoms with Gasteiger partial charge in [-0.05, 0) is 46.0 Å². The van der Waals surface area contributed by atoms with Gasteiger partial charge in [-0.3, -0.25) is 4.79 Å². The predicted molar refractivity (Wildman–Crippen MR) is 82.1 cm³/mol. The van der Waals surface area contributed by atoms with E-state index in [2.05, 4.69) is 19.6 Å². The molecule has 0 aromatic heterocycles. The highest BCUT2D eigenvalue weighted by molar-refractivity contribution is 5.75. The molecule has 2 nitrogen and oxygen atoms in total. The number of rotatable bonds is 10. The van der Waals surface area contributed by atoms with Gasteiger partial charge in [0.1, 0.15) is 0 Å². The number of ether oxygens (including phenoxy) is 1. The molecule has 1 atom stereocenters. The molecule has 0 aliphatic heterocycles. The van der Waals surface area contributed by atoms with Crippen LogP contribution in [0.5, 0.6) is 0 Å². The van der Waals surface area contributed by atoms with Crippen LogP contribution < -0.4 is 0 Å².